The summed E-state index contributed by atoms with van der Waals surface area (Å²) in [6.07, 6.45) is 6.37. The van der Waals surface area contributed by atoms with Gasteiger partial charge in [0.05, 0.1) is 0 Å². The molecule has 1 aromatic heterocycles. The third kappa shape index (κ3) is 5.64. The van der Waals surface area contributed by atoms with Gasteiger partial charge in [-0.2, -0.15) is 0 Å². The van der Waals surface area contributed by atoms with Crippen molar-refractivity contribution in [2.24, 2.45) is 0 Å². The molecule has 1 saturated carbocycles. The molecule has 0 bridgehead atoms. The third-order valence-electron chi connectivity index (χ3n) is 11.6. The van der Waals surface area contributed by atoms with Crippen LogP contribution in [-0.4, -0.2) is 15.0 Å². The second-order valence-corrected chi connectivity index (χ2v) is 14.7. The Morgan fingerprint density at radius 3 is 1.44 bits per heavy atom. The Morgan fingerprint density at radius 2 is 0.759 bits per heavy atom. The number of benzene rings is 7. The smallest absolute Gasteiger partial charge is 0.164 e. The molecule has 0 radical (unpaired) electrons. The molecule has 10 rings (SSSR count). The number of nitrogens with zero attached hydrogens (tertiary/aromatic N) is 3. The first-order chi connectivity index (χ1) is 26.7. The molecule has 3 nitrogen and oxygen atoms in total. The SMILES string of the molecule is c1ccc(-c2cccc(-c3nc(-c4ccccc4)nc(-c4ccc(-c5ccc(-c6cccc7c6C6(CCCCC6)c6ccccc6-7)cc5)cc4)n3)c2)cc1. The summed E-state index contributed by atoms with van der Waals surface area (Å²) >= 11 is 0. The minimum atomic E-state index is 0.120. The highest BCUT2D eigenvalue weighted by Crippen LogP contribution is 2.58. The van der Waals surface area contributed by atoms with E-state index in [4.69, 9.17) is 15.0 Å². The van der Waals surface area contributed by atoms with Gasteiger partial charge in [-0.1, -0.05) is 189 Å². The minimum Gasteiger partial charge on any atom is -0.208 e. The van der Waals surface area contributed by atoms with E-state index in [1.165, 1.54) is 65.5 Å². The summed E-state index contributed by atoms with van der Waals surface area (Å²) in [4.78, 5) is 15.0. The van der Waals surface area contributed by atoms with Crippen LogP contribution in [0.15, 0.2) is 176 Å². The van der Waals surface area contributed by atoms with Crippen LogP contribution in [0.3, 0.4) is 0 Å². The van der Waals surface area contributed by atoms with E-state index < -0.39 is 0 Å². The van der Waals surface area contributed by atoms with Crippen molar-refractivity contribution >= 4 is 0 Å². The molecule has 0 saturated heterocycles. The molecule has 2 aliphatic carbocycles. The lowest BCUT2D eigenvalue weighted by Crippen LogP contribution is -2.28. The second-order valence-electron chi connectivity index (χ2n) is 14.7. The van der Waals surface area contributed by atoms with E-state index in [-0.39, 0.29) is 5.41 Å². The zero-order chi connectivity index (χ0) is 35.9. The zero-order valence-corrected chi connectivity index (χ0v) is 30.1. The van der Waals surface area contributed by atoms with Crippen LogP contribution in [0.1, 0.15) is 43.2 Å². The third-order valence-corrected chi connectivity index (χ3v) is 11.6. The summed E-state index contributed by atoms with van der Waals surface area (Å²) in [5.74, 6) is 1.97. The monoisotopic (exact) mass is 693 g/mol. The molecule has 0 unspecified atom stereocenters. The number of hydrogen-bond acceptors (Lipinski definition) is 3. The average molecular weight is 694 g/mol. The van der Waals surface area contributed by atoms with Gasteiger partial charge in [-0.25, -0.2) is 15.0 Å². The average Bonchev–Trinajstić information content (AvgIpc) is 3.53. The molecule has 258 valence electrons. The molecule has 1 spiro atoms. The quantitative estimate of drug-likeness (QED) is 0.174. The van der Waals surface area contributed by atoms with Crippen LogP contribution in [0.25, 0.3) is 78.7 Å². The highest BCUT2D eigenvalue weighted by atomic mass is 15.0. The largest absolute Gasteiger partial charge is 0.208 e. The van der Waals surface area contributed by atoms with Crippen molar-refractivity contribution in [1.29, 1.82) is 0 Å². The van der Waals surface area contributed by atoms with Crippen molar-refractivity contribution < 1.29 is 0 Å². The van der Waals surface area contributed by atoms with Gasteiger partial charge in [-0.3, -0.25) is 0 Å². The standard InChI is InChI=1S/C51H39N3/c1-4-14-35(15-5-1)41-18-12-19-42(34-41)50-53-48(39-16-6-2-7-17-39)52-49(54-50)40-30-26-37(27-31-40)36-24-28-38(29-25-36)43-21-13-22-45-44-20-8-9-23-46(44)51(47(43)45)32-10-3-11-33-51/h1-2,4-9,12-31,34H,3,10-11,32-33H2. The minimum absolute atomic E-state index is 0.120. The Balaban J connectivity index is 0.982. The van der Waals surface area contributed by atoms with E-state index in [9.17, 15) is 0 Å². The van der Waals surface area contributed by atoms with Gasteiger partial charge in [0.25, 0.3) is 0 Å². The van der Waals surface area contributed by atoms with Crippen LogP contribution in [0.4, 0.5) is 0 Å². The summed E-state index contributed by atoms with van der Waals surface area (Å²) < 4.78 is 0. The highest BCUT2D eigenvalue weighted by Gasteiger charge is 2.45. The first kappa shape index (κ1) is 32.2. The van der Waals surface area contributed by atoms with Gasteiger partial charge in [-0.15, -0.1) is 0 Å². The van der Waals surface area contributed by atoms with Crippen molar-refractivity contribution in [3.8, 4) is 78.7 Å². The number of rotatable bonds is 6. The summed E-state index contributed by atoms with van der Waals surface area (Å²) in [5.41, 5.74) is 16.2. The maximum absolute atomic E-state index is 5.04. The Kier molecular flexibility index (Phi) is 8.06. The Labute approximate surface area is 317 Å². The first-order valence-corrected chi connectivity index (χ1v) is 19.2. The van der Waals surface area contributed by atoms with E-state index in [1.807, 2.05) is 36.4 Å². The fourth-order valence-corrected chi connectivity index (χ4v) is 8.95. The lowest BCUT2D eigenvalue weighted by atomic mass is 9.66. The highest BCUT2D eigenvalue weighted by molar-refractivity contribution is 5.89. The van der Waals surface area contributed by atoms with Crippen LogP contribution >= 0.6 is 0 Å². The fraction of sp³-hybridized carbons (Fsp3) is 0.118. The summed E-state index contributed by atoms with van der Waals surface area (Å²) in [7, 11) is 0. The first-order valence-electron chi connectivity index (χ1n) is 19.2. The topological polar surface area (TPSA) is 38.7 Å². The van der Waals surface area contributed by atoms with Gasteiger partial charge in [0, 0.05) is 22.1 Å². The van der Waals surface area contributed by atoms with Crippen molar-refractivity contribution in [3.63, 3.8) is 0 Å². The van der Waals surface area contributed by atoms with Crippen LogP contribution < -0.4 is 0 Å². The molecular formula is C51H39N3. The van der Waals surface area contributed by atoms with Crippen LogP contribution in [0, 0.1) is 0 Å². The molecule has 0 aliphatic heterocycles. The lowest BCUT2D eigenvalue weighted by molar-refractivity contribution is 0.353. The predicted molar refractivity (Wildman–Crippen MR) is 222 cm³/mol. The molecular weight excluding hydrogens is 655 g/mol. The van der Waals surface area contributed by atoms with Crippen LogP contribution in [-0.2, 0) is 5.41 Å². The summed E-state index contributed by atoms with van der Waals surface area (Å²) in [6, 6.07) is 62.9. The Hall–Kier alpha value is -6.45. The molecule has 3 heteroatoms. The van der Waals surface area contributed by atoms with E-state index in [0.29, 0.717) is 17.5 Å². The van der Waals surface area contributed by atoms with Gasteiger partial charge in [0.2, 0.25) is 0 Å². The van der Waals surface area contributed by atoms with E-state index in [0.717, 1.165) is 33.4 Å². The molecule has 0 amide bonds. The fourth-order valence-electron chi connectivity index (χ4n) is 8.95. The maximum atomic E-state index is 5.04. The van der Waals surface area contributed by atoms with Crippen molar-refractivity contribution in [2.45, 2.75) is 37.5 Å². The number of aromatic nitrogens is 3. The van der Waals surface area contributed by atoms with E-state index in [1.54, 1.807) is 5.56 Å². The molecule has 1 heterocycles. The lowest BCUT2D eigenvalue weighted by Gasteiger charge is -2.37. The maximum Gasteiger partial charge on any atom is 0.164 e. The Morgan fingerprint density at radius 1 is 0.315 bits per heavy atom. The van der Waals surface area contributed by atoms with Gasteiger partial charge in [-0.05, 0) is 74.5 Å². The molecule has 0 atom stereocenters. The van der Waals surface area contributed by atoms with Gasteiger partial charge in [0.15, 0.2) is 17.5 Å². The van der Waals surface area contributed by atoms with Crippen molar-refractivity contribution in [1.82, 2.24) is 15.0 Å². The Bertz CT molecular complexity index is 2600. The van der Waals surface area contributed by atoms with Crippen molar-refractivity contribution in [3.05, 3.63) is 187 Å². The van der Waals surface area contributed by atoms with Crippen molar-refractivity contribution in [2.75, 3.05) is 0 Å². The summed E-state index contributed by atoms with van der Waals surface area (Å²) in [5, 5.41) is 0. The van der Waals surface area contributed by atoms with Crippen LogP contribution in [0.2, 0.25) is 0 Å². The molecule has 54 heavy (non-hydrogen) atoms. The zero-order valence-electron chi connectivity index (χ0n) is 30.1. The molecule has 2 aliphatic rings. The molecule has 7 aromatic carbocycles. The van der Waals surface area contributed by atoms with Gasteiger partial charge >= 0.3 is 0 Å². The molecule has 0 N–H and O–H groups in total. The van der Waals surface area contributed by atoms with Gasteiger partial charge < -0.3 is 0 Å². The van der Waals surface area contributed by atoms with E-state index in [2.05, 4.69) is 140 Å². The van der Waals surface area contributed by atoms with Gasteiger partial charge in [0.1, 0.15) is 0 Å². The predicted octanol–water partition coefficient (Wildman–Crippen LogP) is 13.1. The molecule has 8 aromatic rings. The molecule has 1 fully saturated rings. The second kappa shape index (κ2) is 13.5. The number of hydrogen-bond donors (Lipinski definition) is 0. The van der Waals surface area contributed by atoms with Crippen LogP contribution in [0.5, 0.6) is 0 Å². The number of fused-ring (bicyclic) bond motifs is 5. The summed E-state index contributed by atoms with van der Waals surface area (Å²) in [6.45, 7) is 0. The normalized spacial score (nSPS) is 14.1. The van der Waals surface area contributed by atoms with E-state index >= 15 is 0 Å².